The second-order valence-corrected chi connectivity index (χ2v) is 7.80. The molecule has 142 valence electrons. The van der Waals surface area contributed by atoms with Crippen LogP contribution in [0.5, 0.6) is 0 Å². The molecule has 0 spiro atoms. The molecule has 28 heavy (non-hydrogen) atoms. The van der Waals surface area contributed by atoms with Gasteiger partial charge in [0, 0.05) is 13.8 Å². The Morgan fingerprint density at radius 3 is 1.96 bits per heavy atom. The van der Waals surface area contributed by atoms with Gasteiger partial charge in [-0.25, -0.2) is 0 Å². The minimum absolute atomic E-state index is 0.577. The van der Waals surface area contributed by atoms with Crippen LogP contribution in [0.4, 0.5) is 0 Å². The molecular formula is C24H22O4. The summed E-state index contributed by atoms with van der Waals surface area (Å²) in [5.74, 6) is -3.42. The lowest BCUT2D eigenvalue weighted by Gasteiger charge is -2.33. The highest BCUT2D eigenvalue weighted by atomic mass is 16.7. The number of ether oxygens (including phenoxy) is 2. The Balaban J connectivity index is 1.70. The smallest absolute Gasteiger partial charge is 0.328 e. The molecule has 4 rings (SSSR count). The number of hydrogen-bond donors (Lipinski definition) is 0. The Morgan fingerprint density at radius 1 is 0.714 bits per heavy atom. The van der Waals surface area contributed by atoms with Crippen molar-refractivity contribution < 1.29 is 19.1 Å². The highest BCUT2D eigenvalue weighted by Gasteiger charge is 2.44. The first-order valence-corrected chi connectivity index (χ1v) is 9.30. The zero-order valence-corrected chi connectivity index (χ0v) is 16.4. The summed E-state index contributed by atoms with van der Waals surface area (Å²) in [6, 6.07) is 18.2. The van der Waals surface area contributed by atoms with Crippen molar-refractivity contribution in [2.45, 2.75) is 39.4 Å². The Bertz CT molecular complexity index is 1090. The summed E-state index contributed by atoms with van der Waals surface area (Å²) in [5.41, 5.74) is 5.39. The minimum atomic E-state index is -1.22. The average Bonchev–Trinajstić information content (AvgIpc) is 2.62. The lowest BCUT2D eigenvalue weighted by Crippen LogP contribution is -2.45. The lowest BCUT2D eigenvalue weighted by atomic mass is 9.93. The minimum Gasteiger partial charge on any atom is -0.422 e. The van der Waals surface area contributed by atoms with E-state index in [1.165, 1.54) is 11.1 Å². The van der Waals surface area contributed by atoms with E-state index in [4.69, 9.17) is 9.47 Å². The van der Waals surface area contributed by atoms with Crippen LogP contribution >= 0.6 is 0 Å². The summed E-state index contributed by atoms with van der Waals surface area (Å²) in [6.45, 7) is 7.31. The molecule has 0 bridgehead atoms. The van der Waals surface area contributed by atoms with Crippen LogP contribution in [-0.4, -0.2) is 17.7 Å². The molecule has 0 radical (unpaired) electrons. The molecule has 3 aromatic rings. The standard InChI is InChI=1S/C24H22O4/c1-14-5-6-16(11-15(14)2)17-7-8-19-13-20(10-9-18(19)12-17)21-22(25)27-24(3,4)28-23(21)26/h5-13,21H,1-4H3. The first-order valence-electron chi connectivity index (χ1n) is 9.30. The topological polar surface area (TPSA) is 52.6 Å². The van der Waals surface area contributed by atoms with Gasteiger partial charge in [0.1, 0.15) is 0 Å². The third kappa shape index (κ3) is 3.26. The zero-order chi connectivity index (χ0) is 20.1. The molecule has 0 aromatic heterocycles. The third-order valence-corrected chi connectivity index (χ3v) is 5.20. The molecule has 4 heteroatoms. The van der Waals surface area contributed by atoms with Gasteiger partial charge in [-0.2, -0.15) is 0 Å². The van der Waals surface area contributed by atoms with Crippen LogP contribution in [0.1, 0.15) is 36.5 Å². The van der Waals surface area contributed by atoms with Crippen molar-refractivity contribution in [1.82, 2.24) is 0 Å². The number of fused-ring (bicyclic) bond motifs is 1. The van der Waals surface area contributed by atoms with Crippen LogP contribution in [0.3, 0.4) is 0 Å². The van der Waals surface area contributed by atoms with E-state index in [1.807, 2.05) is 18.2 Å². The fraction of sp³-hybridized carbons (Fsp3) is 0.250. The summed E-state index contributed by atoms with van der Waals surface area (Å²) in [6.07, 6.45) is 0. The number of benzene rings is 3. The van der Waals surface area contributed by atoms with Crippen LogP contribution in [0, 0.1) is 13.8 Å². The average molecular weight is 374 g/mol. The molecule has 4 nitrogen and oxygen atoms in total. The number of esters is 2. The van der Waals surface area contributed by atoms with Gasteiger partial charge in [0.15, 0.2) is 5.92 Å². The van der Waals surface area contributed by atoms with Gasteiger partial charge >= 0.3 is 11.9 Å². The normalized spacial score (nSPS) is 16.7. The van der Waals surface area contributed by atoms with E-state index < -0.39 is 23.6 Å². The predicted octanol–water partition coefficient (Wildman–Crippen LogP) is 5.04. The maximum absolute atomic E-state index is 12.3. The van der Waals surface area contributed by atoms with E-state index in [0.717, 1.165) is 21.9 Å². The quantitative estimate of drug-likeness (QED) is 0.466. The lowest BCUT2D eigenvalue weighted by molar-refractivity contribution is -0.234. The molecule has 0 saturated carbocycles. The number of cyclic esters (lactones) is 2. The van der Waals surface area contributed by atoms with Crippen LogP contribution in [0.25, 0.3) is 21.9 Å². The van der Waals surface area contributed by atoms with Gasteiger partial charge in [-0.3, -0.25) is 9.59 Å². The molecule has 3 aromatic carbocycles. The Labute approximate surface area is 164 Å². The summed E-state index contributed by atoms with van der Waals surface area (Å²) >= 11 is 0. The van der Waals surface area contributed by atoms with Crippen molar-refractivity contribution in [1.29, 1.82) is 0 Å². The van der Waals surface area contributed by atoms with Gasteiger partial charge < -0.3 is 9.47 Å². The van der Waals surface area contributed by atoms with Crippen molar-refractivity contribution in [3.63, 3.8) is 0 Å². The summed E-state index contributed by atoms with van der Waals surface area (Å²) in [7, 11) is 0. The van der Waals surface area contributed by atoms with Gasteiger partial charge in [-0.05, 0) is 64.6 Å². The van der Waals surface area contributed by atoms with Crippen LogP contribution in [-0.2, 0) is 19.1 Å². The second kappa shape index (κ2) is 6.48. The molecule has 0 unspecified atom stereocenters. The Hall–Kier alpha value is -3.14. The molecule has 1 fully saturated rings. The van der Waals surface area contributed by atoms with Crippen LogP contribution in [0.2, 0.25) is 0 Å². The van der Waals surface area contributed by atoms with Gasteiger partial charge in [0.2, 0.25) is 0 Å². The SMILES string of the molecule is Cc1ccc(-c2ccc3cc(C4C(=O)OC(C)(C)OC4=O)ccc3c2)cc1C. The Morgan fingerprint density at radius 2 is 1.29 bits per heavy atom. The third-order valence-electron chi connectivity index (χ3n) is 5.20. The summed E-state index contributed by atoms with van der Waals surface area (Å²) in [4.78, 5) is 24.7. The molecule has 1 aliphatic heterocycles. The number of rotatable bonds is 2. The van der Waals surface area contributed by atoms with Crippen molar-refractivity contribution >= 4 is 22.7 Å². The molecule has 1 saturated heterocycles. The number of hydrogen-bond acceptors (Lipinski definition) is 4. The molecule has 0 aliphatic carbocycles. The van der Waals surface area contributed by atoms with E-state index in [0.29, 0.717) is 5.56 Å². The van der Waals surface area contributed by atoms with E-state index in [9.17, 15) is 9.59 Å². The number of carbonyl (C=O) groups excluding carboxylic acids is 2. The van der Waals surface area contributed by atoms with Crippen LogP contribution in [0.15, 0.2) is 54.6 Å². The fourth-order valence-electron chi connectivity index (χ4n) is 3.54. The van der Waals surface area contributed by atoms with Gasteiger partial charge in [-0.1, -0.05) is 42.5 Å². The van der Waals surface area contributed by atoms with Crippen molar-refractivity contribution in [3.8, 4) is 11.1 Å². The molecule has 1 heterocycles. The van der Waals surface area contributed by atoms with Gasteiger partial charge in [0.25, 0.3) is 5.79 Å². The maximum Gasteiger partial charge on any atom is 0.328 e. The first-order chi connectivity index (χ1) is 13.2. The second-order valence-electron chi connectivity index (χ2n) is 7.80. The van der Waals surface area contributed by atoms with E-state index >= 15 is 0 Å². The van der Waals surface area contributed by atoms with Gasteiger partial charge in [-0.15, -0.1) is 0 Å². The van der Waals surface area contributed by atoms with Crippen molar-refractivity contribution in [2.24, 2.45) is 0 Å². The van der Waals surface area contributed by atoms with Crippen molar-refractivity contribution in [2.75, 3.05) is 0 Å². The highest BCUT2D eigenvalue weighted by Crippen LogP contribution is 2.33. The molecule has 0 atom stereocenters. The molecule has 1 aliphatic rings. The number of carbonyl (C=O) groups is 2. The predicted molar refractivity (Wildman–Crippen MR) is 108 cm³/mol. The van der Waals surface area contributed by atoms with E-state index in [1.54, 1.807) is 19.9 Å². The zero-order valence-electron chi connectivity index (χ0n) is 16.4. The Kier molecular flexibility index (Phi) is 4.22. The fourth-order valence-corrected chi connectivity index (χ4v) is 3.54. The maximum atomic E-state index is 12.3. The summed E-state index contributed by atoms with van der Waals surface area (Å²) in [5, 5.41) is 1.99. The first kappa shape index (κ1) is 18.2. The van der Waals surface area contributed by atoms with Crippen molar-refractivity contribution in [3.05, 3.63) is 71.3 Å². The summed E-state index contributed by atoms with van der Waals surface area (Å²) < 4.78 is 10.5. The van der Waals surface area contributed by atoms with Gasteiger partial charge in [0.05, 0.1) is 0 Å². The largest absolute Gasteiger partial charge is 0.422 e. The monoisotopic (exact) mass is 374 g/mol. The van der Waals surface area contributed by atoms with Crippen LogP contribution < -0.4 is 0 Å². The molecular weight excluding hydrogens is 352 g/mol. The number of aryl methyl sites for hydroxylation is 2. The molecule has 0 N–H and O–H groups in total. The van der Waals surface area contributed by atoms with E-state index in [2.05, 4.69) is 44.2 Å². The van der Waals surface area contributed by atoms with E-state index in [-0.39, 0.29) is 0 Å². The molecule has 0 amide bonds. The highest BCUT2D eigenvalue weighted by molar-refractivity contribution is 6.03.